The molecule has 2 aliphatic heterocycles. The maximum atomic E-state index is 11.3. The molecule has 4 nitrogen and oxygen atoms in total. The number of hydrogen-bond donors (Lipinski definition) is 1. The molecule has 2 amide bonds. The summed E-state index contributed by atoms with van der Waals surface area (Å²) in [6.07, 6.45) is 3.00. The van der Waals surface area contributed by atoms with Gasteiger partial charge in [0.15, 0.2) is 0 Å². The topological polar surface area (TPSA) is 49.4 Å². The van der Waals surface area contributed by atoms with Gasteiger partial charge in [0.05, 0.1) is 0 Å². The lowest BCUT2D eigenvalue weighted by Crippen LogP contribution is -2.38. The average molecular weight is 196 g/mol. The van der Waals surface area contributed by atoms with E-state index in [4.69, 9.17) is 0 Å². The summed E-state index contributed by atoms with van der Waals surface area (Å²) < 4.78 is 0. The molecule has 2 heterocycles. The van der Waals surface area contributed by atoms with Gasteiger partial charge in [0.1, 0.15) is 0 Å². The molecule has 2 aliphatic rings. The lowest BCUT2D eigenvalue weighted by atomic mass is 9.98. The Morgan fingerprint density at radius 1 is 1.14 bits per heavy atom. The second-order valence-electron chi connectivity index (χ2n) is 4.09. The zero-order valence-corrected chi connectivity index (χ0v) is 8.29. The second kappa shape index (κ2) is 4.09. The molecule has 0 aromatic heterocycles. The van der Waals surface area contributed by atoms with Crippen LogP contribution in [0.15, 0.2) is 0 Å². The van der Waals surface area contributed by atoms with E-state index in [1.165, 1.54) is 4.90 Å². The van der Waals surface area contributed by atoms with Crippen molar-refractivity contribution in [1.82, 2.24) is 10.2 Å². The number of likely N-dealkylation sites (tertiary alicyclic amines) is 1. The molecule has 2 rings (SSSR count). The Morgan fingerprint density at radius 2 is 1.71 bits per heavy atom. The van der Waals surface area contributed by atoms with Gasteiger partial charge in [-0.1, -0.05) is 0 Å². The third kappa shape index (κ3) is 1.95. The largest absolute Gasteiger partial charge is 0.317 e. The van der Waals surface area contributed by atoms with Gasteiger partial charge in [0.2, 0.25) is 11.8 Å². The fraction of sp³-hybridized carbons (Fsp3) is 0.800. The van der Waals surface area contributed by atoms with Crippen molar-refractivity contribution in [2.45, 2.75) is 25.7 Å². The maximum absolute atomic E-state index is 11.3. The van der Waals surface area contributed by atoms with Gasteiger partial charge in [-0.05, 0) is 31.8 Å². The molecule has 0 saturated carbocycles. The molecule has 0 atom stereocenters. The maximum Gasteiger partial charge on any atom is 0.229 e. The van der Waals surface area contributed by atoms with Crippen molar-refractivity contribution >= 4 is 11.8 Å². The van der Waals surface area contributed by atoms with E-state index < -0.39 is 0 Å². The Bertz CT molecular complexity index is 231. The van der Waals surface area contributed by atoms with Crippen LogP contribution in [0.3, 0.4) is 0 Å². The Labute approximate surface area is 83.6 Å². The van der Waals surface area contributed by atoms with Crippen LogP contribution in [0.5, 0.6) is 0 Å². The van der Waals surface area contributed by atoms with E-state index in [1.807, 2.05) is 0 Å². The van der Waals surface area contributed by atoms with Crippen molar-refractivity contribution in [3.05, 3.63) is 0 Å². The third-order valence-electron chi connectivity index (χ3n) is 3.05. The van der Waals surface area contributed by atoms with E-state index in [-0.39, 0.29) is 11.8 Å². The Hall–Kier alpha value is -0.900. The first-order valence-corrected chi connectivity index (χ1v) is 5.31. The van der Waals surface area contributed by atoms with Crippen molar-refractivity contribution in [3.63, 3.8) is 0 Å². The highest BCUT2D eigenvalue weighted by Crippen LogP contribution is 2.18. The summed E-state index contributed by atoms with van der Waals surface area (Å²) in [6, 6.07) is 0. The standard InChI is InChI=1S/C10H16N2O2/c13-9-1-2-10(14)12(9)7-8-3-5-11-6-4-8/h8,11H,1-7H2. The molecule has 2 fully saturated rings. The van der Waals surface area contributed by atoms with E-state index in [2.05, 4.69) is 5.32 Å². The van der Waals surface area contributed by atoms with Crippen LogP contribution in [-0.2, 0) is 9.59 Å². The quantitative estimate of drug-likeness (QED) is 0.639. The molecule has 78 valence electrons. The number of hydrogen-bond acceptors (Lipinski definition) is 3. The third-order valence-corrected chi connectivity index (χ3v) is 3.05. The van der Waals surface area contributed by atoms with Gasteiger partial charge in [-0.25, -0.2) is 0 Å². The summed E-state index contributed by atoms with van der Waals surface area (Å²) in [5.41, 5.74) is 0. The van der Waals surface area contributed by atoms with E-state index in [0.717, 1.165) is 25.9 Å². The highest BCUT2D eigenvalue weighted by atomic mass is 16.2. The number of nitrogens with zero attached hydrogens (tertiary/aromatic N) is 1. The number of carbonyl (C=O) groups is 2. The van der Waals surface area contributed by atoms with Crippen LogP contribution < -0.4 is 5.32 Å². The number of amides is 2. The molecule has 0 unspecified atom stereocenters. The first-order valence-electron chi connectivity index (χ1n) is 5.31. The Kier molecular flexibility index (Phi) is 2.82. The first-order chi connectivity index (χ1) is 6.77. The van der Waals surface area contributed by atoms with Gasteiger partial charge in [-0.3, -0.25) is 14.5 Å². The van der Waals surface area contributed by atoms with Crippen LogP contribution in [-0.4, -0.2) is 36.3 Å². The van der Waals surface area contributed by atoms with Gasteiger partial charge >= 0.3 is 0 Å². The molecule has 0 radical (unpaired) electrons. The Morgan fingerprint density at radius 3 is 2.29 bits per heavy atom. The molecular formula is C10H16N2O2. The molecule has 0 aliphatic carbocycles. The van der Waals surface area contributed by atoms with Crippen LogP contribution in [0.2, 0.25) is 0 Å². The number of carbonyl (C=O) groups excluding carboxylic acids is 2. The minimum absolute atomic E-state index is 0.0218. The molecule has 0 spiro atoms. The highest BCUT2D eigenvalue weighted by Gasteiger charge is 2.30. The minimum Gasteiger partial charge on any atom is -0.317 e. The summed E-state index contributed by atoms with van der Waals surface area (Å²) in [7, 11) is 0. The van der Waals surface area contributed by atoms with Crippen LogP contribution in [0.1, 0.15) is 25.7 Å². The van der Waals surface area contributed by atoms with Crippen molar-refractivity contribution in [2.24, 2.45) is 5.92 Å². The lowest BCUT2D eigenvalue weighted by Gasteiger charge is -2.26. The number of piperidine rings is 1. The molecule has 0 aromatic rings. The van der Waals surface area contributed by atoms with Gasteiger partial charge in [-0.15, -0.1) is 0 Å². The van der Waals surface area contributed by atoms with Crippen molar-refractivity contribution in [3.8, 4) is 0 Å². The van der Waals surface area contributed by atoms with E-state index in [1.54, 1.807) is 0 Å². The molecule has 1 N–H and O–H groups in total. The molecule has 4 heteroatoms. The zero-order valence-electron chi connectivity index (χ0n) is 8.29. The van der Waals surface area contributed by atoms with Gasteiger partial charge in [-0.2, -0.15) is 0 Å². The molecule has 0 aromatic carbocycles. The fourth-order valence-corrected chi connectivity index (χ4v) is 2.15. The van der Waals surface area contributed by atoms with Gasteiger partial charge in [0, 0.05) is 19.4 Å². The van der Waals surface area contributed by atoms with Crippen molar-refractivity contribution in [2.75, 3.05) is 19.6 Å². The SMILES string of the molecule is O=C1CCC(=O)N1CC1CCNCC1. The van der Waals surface area contributed by atoms with E-state index >= 15 is 0 Å². The summed E-state index contributed by atoms with van der Waals surface area (Å²) in [5, 5.41) is 3.27. The molecule has 14 heavy (non-hydrogen) atoms. The lowest BCUT2D eigenvalue weighted by molar-refractivity contribution is -0.139. The molecule has 0 bridgehead atoms. The first kappa shape index (κ1) is 9.65. The van der Waals surface area contributed by atoms with Crippen LogP contribution >= 0.6 is 0 Å². The summed E-state index contributed by atoms with van der Waals surface area (Å²) >= 11 is 0. The van der Waals surface area contributed by atoms with Crippen LogP contribution in [0.25, 0.3) is 0 Å². The zero-order chi connectivity index (χ0) is 9.97. The molecule has 2 saturated heterocycles. The van der Waals surface area contributed by atoms with Gasteiger partial charge in [0.25, 0.3) is 0 Å². The summed E-state index contributed by atoms with van der Waals surface area (Å²) in [5.74, 6) is 0.560. The van der Waals surface area contributed by atoms with Crippen molar-refractivity contribution in [1.29, 1.82) is 0 Å². The van der Waals surface area contributed by atoms with Crippen LogP contribution in [0.4, 0.5) is 0 Å². The summed E-state index contributed by atoms with van der Waals surface area (Å²) in [6.45, 7) is 2.68. The normalized spacial score (nSPS) is 24.7. The average Bonchev–Trinajstić information content (AvgIpc) is 2.51. The number of imide groups is 1. The minimum atomic E-state index is 0.0218. The van der Waals surface area contributed by atoms with E-state index in [9.17, 15) is 9.59 Å². The monoisotopic (exact) mass is 196 g/mol. The second-order valence-corrected chi connectivity index (χ2v) is 4.09. The molecular weight excluding hydrogens is 180 g/mol. The van der Waals surface area contributed by atoms with E-state index in [0.29, 0.717) is 25.3 Å². The fourth-order valence-electron chi connectivity index (χ4n) is 2.15. The smallest absolute Gasteiger partial charge is 0.229 e. The number of rotatable bonds is 2. The van der Waals surface area contributed by atoms with Crippen molar-refractivity contribution < 1.29 is 9.59 Å². The number of nitrogens with one attached hydrogen (secondary N) is 1. The summed E-state index contributed by atoms with van der Waals surface area (Å²) in [4.78, 5) is 24.2. The van der Waals surface area contributed by atoms with Gasteiger partial charge < -0.3 is 5.32 Å². The highest BCUT2D eigenvalue weighted by molar-refractivity contribution is 6.01. The predicted octanol–water partition coefficient (Wildman–Crippen LogP) is 0.135. The van der Waals surface area contributed by atoms with Crippen LogP contribution in [0, 0.1) is 5.92 Å². The predicted molar refractivity (Wildman–Crippen MR) is 51.5 cm³/mol. The Balaban J connectivity index is 1.89.